The summed E-state index contributed by atoms with van der Waals surface area (Å²) in [5, 5.41) is 6.68. The molecule has 9 aromatic carbocycles. The molecule has 60 heavy (non-hydrogen) atoms. The lowest BCUT2D eigenvalue weighted by atomic mass is 9.50. The number of benzene rings is 9. The Hall–Kier alpha value is -7.96. The van der Waals surface area contributed by atoms with Crippen LogP contribution in [0, 0.1) is 0 Å². The maximum absolute atomic E-state index is 6.95. The average Bonchev–Trinajstić information content (AvgIpc) is 3.99. The molecule has 0 unspecified atom stereocenters. The lowest BCUT2D eigenvalue weighted by Crippen LogP contribution is -2.53. The van der Waals surface area contributed by atoms with E-state index in [1.54, 1.807) is 0 Å². The van der Waals surface area contributed by atoms with Gasteiger partial charge in [-0.05, 0) is 89.0 Å². The SMILES string of the molecule is c1cc(-c2cc3c4c(c2)-c2ccccc2OB4c2cc(-c4cccc5c4oc4ccc6c7ccccc7oc6c45)ccc2O3)cc(-n2c3ccccc3c3ccccc32)c1. The standard InChI is InChI=1S/C54H30BNO4/c1-5-19-44-36(13-1)37-14-2-6-20-45(37)56(44)34-12-9-11-31(27-34)33-28-42-39-16-4-8-22-47(39)60-55-43-29-32(23-25-48(43)57-50(30-33)52(42)55)35-17-10-18-41-51-49(59-53(35)41)26-24-40-38-15-3-7-21-46(38)58-54(40)51/h1-30H. The minimum absolute atomic E-state index is 0.364. The molecule has 0 N–H and O–H groups in total. The minimum Gasteiger partial charge on any atom is -0.551 e. The van der Waals surface area contributed by atoms with Gasteiger partial charge in [0.1, 0.15) is 39.6 Å². The second-order valence-corrected chi connectivity index (χ2v) is 15.9. The normalized spacial score (nSPS) is 12.9. The highest BCUT2D eigenvalue weighted by molar-refractivity contribution is 6.84. The highest BCUT2D eigenvalue weighted by Crippen LogP contribution is 2.45. The predicted octanol–water partition coefficient (Wildman–Crippen LogP) is 13.2. The number of fused-ring (bicyclic) bond motifs is 14. The molecule has 0 atom stereocenters. The highest BCUT2D eigenvalue weighted by atomic mass is 16.5. The summed E-state index contributed by atoms with van der Waals surface area (Å²) in [6, 6.07) is 64.0. The van der Waals surface area contributed by atoms with E-state index in [1.165, 1.54) is 21.8 Å². The largest absolute Gasteiger partial charge is 0.551 e. The fraction of sp³-hybridized carbons (Fsp3) is 0. The first-order valence-electron chi connectivity index (χ1n) is 20.3. The molecular weight excluding hydrogens is 737 g/mol. The fourth-order valence-electron chi connectivity index (χ4n) is 10.0. The van der Waals surface area contributed by atoms with Crippen LogP contribution in [0.2, 0.25) is 0 Å². The van der Waals surface area contributed by atoms with Crippen molar-refractivity contribution in [1.29, 1.82) is 0 Å². The van der Waals surface area contributed by atoms with Crippen molar-refractivity contribution in [2.75, 3.05) is 0 Å². The van der Waals surface area contributed by atoms with E-state index >= 15 is 0 Å². The van der Waals surface area contributed by atoms with Crippen LogP contribution in [0.1, 0.15) is 0 Å². The Bertz CT molecular complexity index is 3760. The first-order chi connectivity index (χ1) is 29.7. The maximum Gasteiger partial charge on any atom is 0.434 e. The number of aromatic nitrogens is 1. The van der Waals surface area contributed by atoms with Crippen LogP contribution in [0.5, 0.6) is 17.2 Å². The Morgan fingerprint density at radius 3 is 2.02 bits per heavy atom. The van der Waals surface area contributed by atoms with Crippen molar-refractivity contribution in [3.63, 3.8) is 0 Å². The summed E-state index contributed by atoms with van der Waals surface area (Å²) in [5.41, 5.74) is 15.2. The molecule has 5 nitrogen and oxygen atoms in total. The van der Waals surface area contributed by atoms with Crippen LogP contribution < -0.4 is 20.3 Å². The third-order valence-electron chi connectivity index (χ3n) is 12.7. The number of nitrogens with zero attached hydrogens (tertiary/aromatic N) is 1. The topological polar surface area (TPSA) is 49.7 Å². The molecule has 0 bridgehead atoms. The van der Waals surface area contributed by atoms with Gasteiger partial charge in [0.25, 0.3) is 0 Å². The van der Waals surface area contributed by atoms with Crippen LogP contribution >= 0.6 is 0 Å². The Labute approximate surface area is 343 Å². The molecule has 6 heteroatoms. The lowest BCUT2D eigenvalue weighted by molar-refractivity contribution is 0.479. The summed E-state index contributed by atoms with van der Waals surface area (Å²) in [6.45, 7) is -0.364. The van der Waals surface area contributed by atoms with E-state index in [0.29, 0.717) is 0 Å². The Morgan fingerprint density at radius 1 is 0.400 bits per heavy atom. The number of para-hydroxylation sites is 5. The van der Waals surface area contributed by atoms with Crippen LogP contribution in [0.3, 0.4) is 0 Å². The number of rotatable bonds is 3. The van der Waals surface area contributed by atoms with Gasteiger partial charge in [0, 0.05) is 54.7 Å². The van der Waals surface area contributed by atoms with Gasteiger partial charge < -0.3 is 22.8 Å². The van der Waals surface area contributed by atoms with Crippen LogP contribution in [0.15, 0.2) is 191 Å². The summed E-state index contributed by atoms with van der Waals surface area (Å²) < 4.78 is 29.3. The number of hydrogen-bond acceptors (Lipinski definition) is 4. The van der Waals surface area contributed by atoms with E-state index in [1.807, 2.05) is 18.2 Å². The molecular formula is C54H30BNO4. The Morgan fingerprint density at radius 2 is 1.13 bits per heavy atom. The molecule has 5 heterocycles. The summed E-state index contributed by atoms with van der Waals surface area (Å²) in [7, 11) is 0. The van der Waals surface area contributed by atoms with Gasteiger partial charge >= 0.3 is 6.92 Å². The first-order valence-corrected chi connectivity index (χ1v) is 20.3. The van der Waals surface area contributed by atoms with E-state index in [9.17, 15) is 0 Å². The maximum atomic E-state index is 6.95. The fourth-order valence-corrected chi connectivity index (χ4v) is 10.0. The molecule has 3 aromatic heterocycles. The van der Waals surface area contributed by atoms with Crippen molar-refractivity contribution < 1.29 is 18.2 Å². The first kappa shape index (κ1) is 32.1. The number of hydrogen-bond donors (Lipinski definition) is 0. The zero-order chi connectivity index (χ0) is 39.1. The summed E-state index contributed by atoms with van der Waals surface area (Å²) in [6.07, 6.45) is 0. The molecule has 0 aliphatic carbocycles. The summed E-state index contributed by atoms with van der Waals surface area (Å²) >= 11 is 0. The third kappa shape index (κ3) is 4.37. The quantitative estimate of drug-likeness (QED) is 0.168. The molecule has 2 aliphatic heterocycles. The molecule has 0 radical (unpaired) electrons. The number of furan rings is 2. The van der Waals surface area contributed by atoms with E-state index in [2.05, 4.69) is 168 Å². The van der Waals surface area contributed by atoms with Gasteiger partial charge in [-0.3, -0.25) is 0 Å². The van der Waals surface area contributed by atoms with Crippen molar-refractivity contribution in [2.45, 2.75) is 0 Å². The minimum atomic E-state index is -0.364. The summed E-state index contributed by atoms with van der Waals surface area (Å²) in [4.78, 5) is 0. The van der Waals surface area contributed by atoms with E-state index in [-0.39, 0.29) is 6.92 Å². The molecule has 0 amide bonds. The van der Waals surface area contributed by atoms with Crippen molar-refractivity contribution in [3.8, 4) is 56.3 Å². The smallest absolute Gasteiger partial charge is 0.434 e. The summed E-state index contributed by atoms with van der Waals surface area (Å²) in [5.74, 6) is 2.43. The van der Waals surface area contributed by atoms with E-state index in [0.717, 1.165) is 111 Å². The molecule has 278 valence electrons. The van der Waals surface area contributed by atoms with Crippen molar-refractivity contribution in [2.24, 2.45) is 0 Å². The second-order valence-electron chi connectivity index (χ2n) is 15.9. The van der Waals surface area contributed by atoms with E-state index < -0.39 is 0 Å². The van der Waals surface area contributed by atoms with Gasteiger partial charge in [-0.15, -0.1) is 0 Å². The van der Waals surface area contributed by atoms with Gasteiger partial charge in [-0.2, -0.15) is 0 Å². The lowest BCUT2D eigenvalue weighted by Gasteiger charge is -2.33. The number of ether oxygens (including phenoxy) is 1. The van der Waals surface area contributed by atoms with Crippen LogP contribution in [0.25, 0.3) is 105 Å². The Balaban J connectivity index is 0.911. The monoisotopic (exact) mass is 767 g/mol. The van der Waals surface area contributed by atoms with Crippen LogP contribution in [-0.2, 0) is 0 Å². The molecule has 2 aliphatic rings. The molecule has 0 saturated carbocycles. The van der Waals surface area contributed by atoms with Gasteiger partial charge in [0.15, 0.2) is 0 Å². The molecule has 0 fully saturated rings. The molecule has 12 aromatic rings. The highest BCUT2D eigenvalue weighted by Gasteiger charge is 2.41. The molecule has 0 spiro atoms. The van der Waals surface area contributed by atoms with Crippen molar-refractivity contribution in [3.05, 3.63) is 182 Å². The Kier molecular flexibility index (Phi) is 6.31. The van der Waals surface area contributed by atoms with Crippen LogP contribution in [0.4, 0.5) is 0 Å². The third-order valence-corrected chi connectivity index (χ3v) is 12.7. The molecule has 14 rings (SSSR count). The second kappa shape index (κ2) is 11.8. The van der Waals surface area contributed by atoms with Gasteiger partial charge in [0.2, 0.25) is 0 Å². The molecule has 0 saturated heterocycles. The van der Waals surface area contributed by atoms with Crippen molar-refractivity contribution in [1.82, 2.24) is 4.57 Å². The van der Waals surface area contributed by atoms with Gasteiger partial charge in [-0.1, -0.05) is 115 Å². The van der Waals surface area contributed by atoms with Crippen LogP contribution in [-0.4, -0.2) is 11.5 Å². The zero-order valence-electron chi connectivity index (χ0n) is 32.0. The predicted molar refractivity (Wildman–Crippen MR) is 244 cm³/mol. The zero-order valence-corrected chi connectivity index (χ0v) is 32.0. The van der Waals surface area contributed by atoms with E-state index in [4.69, 9.17) is 18.2 Å². The van der Waals surface area contributed by atoms with Gasteiger partial charge in [0.05, 0.1) is 16.4 Å². The van der Waals surface area contributed by atoms with Crippen molar-refractivity contribution >= 4 is 83.5 Å². The average molecular weight is 768 g/mol. The van der Waals surface area contributed by atoms with Gasteiger partial charge in [-0.25, -0.2) is 0 Å².